The second kappa shape index (κ2) is 10.5. The lowest BCUT2D eigenvalue weighted by Gasteiger charge is -2.17. The van der Waals surface area contributed by atoms with Gasteiger partial charge in [-0.2, -0.15) is 4.31 Å². The summed E-state index contributed by atoms with van der Waals surface area (Å²) < 4.78 is 69.5. The van der Waals surface area contributed by atoms with Crippen LogP contribution in [0, 0.1) is 0 Å². The SMILES string of the molecule is CNC(=O)c1cc(-c2cccc(S(=O)(=O)N3CCC(F)(F)C3)c2)c2nnn(C/C(F)=C/CN)c2c1.Cl. The van der Waals surface area contributed by atoms with Crippen molar-refractivity contribution in [3.05, 3.63) is 53.9 Å². The highest BCUT2D eigenvalue weighted by molar-refractivity contribution is 7.89. The van der Waals surface area contributed by atoms with Crippen molar-refractivity contribution < 1.29 is 26.4 Å². The van der Waals surface area contributed by atoms with Gasteiger partial charge in [0.05, 0.1) is 23.5 Å². The van der Waals surface area contributed by atoms with E-state index >= 15 is 0 Å². The van der Waals surface area contributed by atoms with Crippen molar-refractivity contribution in [2.24, 2.45) is 5.73 Å². The number of carbonyl (C=O) groups is 1. The average Bonchev–Trinajstić information content (AvgIpc) is 3.41. The zero-order valence-electron chi connectivity index (χ0n) is 19.1. The highest BCUT2D eigenvalue weighted by atomic mass is 35.5. The van der Waals surface area contributed by atoms with Crippen LogP contribution in [0.5, 0.6) is 0 Å². The van der Waals surface area contributed by atoms with Gasteiger partial charge in [0.15, 0.2) is 0 Å². The number of nitrogens with one attached hydrogen (secondary N) is 1. The number of fused-ring (bicyclic) bond motifs is 1. The molecular formula is C22H24ClF3N6O3S. The van der Waals surface area contributed by atoms with Crippen molar-refractivity contribution in [1.82, 2.24) is 24.6 Å². The minimum Gasteiger partial charge on any atom is -0.355 e. The Labute approximate surface area is 211 Å². The highest BCUT2D eigenvalue weighted by Gasteiger charge is 2.43. The number of nitrogens with two attached hydrogens (primary N) is 1. The monoisotopic (exact) mass is 544 g/mol. The molecule has 2 heterocycles. The van der Waals surface area contributed by atoms with Gasteiger partial charge in [-0.1, -0.05) is 17.3 Å². The van der Waals surface area contributed by atoms with Gasteiger partial charge in [-0.05, 0) is 35.9 Å². The van der Waals surface area contributed by atoms with Crippen LogP contribution in [0.1, 0.15) is 16.8 Å². The molecule has 0 radical (unpaired) electrons. The number of alkyl halides is 2. The number of aromatic nitrogens is 3. The van der Waals surface area contributed by atoms with Crippen LogP contribution in [0.2, 0.25) is 0 Å². The highest BCUT2D eigenvalue weighted by Crippen LogP contribution is 2.34. The Morgan fingerprint density at radius 3 is 2.67 bits per heavy atom. The molecule has 3 aromatic rings. The first-order valence-electron chi connectivity index (χ1n) is 10.7. The van der Waals surface area contributed by atoms with Crippen LogP contribution >= 0.6 is 12.4 Å². The Hall–Kier alpha value is -3.00. The fourth-order valence-corrected chi connectivity index (χ4v) is 5.41. The normalized spacial score (nSPS) is 16.2. The molecule has 4 rings (SSSR count). The summed E-state index contributed by atoms with van der Waals surface area (Å²) in [6.07, 6.45) is 0.645. The van der Waals surface area contributed by atoms with E-state index in [-0.39, 0.29) is 42.5 Å². The minimum absolute atomic E-state index is 0. The quantitative estimate of drug-likeness (QED) is 0.471. The lowest BCUT2D eigenvalue weighted by molar-refractivity contribution is 0.0183. The maximum atomic E-state index is 14.1. The van der Waals surface area contributed by atoms with Crippen molar-refractivity contribution >= 4 is 39.4 Å². The zero-order valence-corrected chi connectivity index (χ0v) is 20.8. The van der Waals surface area contributed by atoms with Crippen molar-refractivity contribution in [2.75, 3.05) is 26.7 Å². The third-order valence-corrected chi connectivity index (χ3v) is 7.51. The van der Waals surface area contributed by atoms with Crippen molar-refractivity contribution in [3.63, 3.8) is 0 Å². The minimum atomic E-state index is -4.18. The van der Waals surface area contributed by atoms with Gasteiger partial charge in [0.2, 0.25) is 10.0 Å². The van der Waals surface area contributed by atoms with E-state index in [4.69, 9.17) is 5.73 Å². The molecule has 194 valence electrons. The number of rotatable bonds is 7. The van der Waals surface area contributed by atoms with Gasteiger partial charge in [0, 0.05) is 37.7 Å². The molecule has 0 spiro atoms. The number of sulfonamides is 1. The molecule has 0 unspecified atom stereocenters. The van der Waals surface area contributed by atoms with Gasteiger partial charge in [-0.3, -0.25) is 4.79 Å². The fraction of sp³-hybridized carbons (Fsp3) is 0.318. The second-order valence-corrected chi connectivity index (χ2v) is 10.0. The van der Waals surface area contributed by atoms with Crippen LogP contribution in [0.4, 0.5) is 13.2 Å². The Bertz CT molecular complexity index is 1430. The number of halogens is 4. The summed E-state index contributed by atoms with van der Waals surface area (Å²) >= 11 is 0. The number of allylic oxidation sites excluding steroid dienone is 1. The molecule has 1 aliphatic heterocycles. The van der Waals surface area contributed by atoms with E-state index in [9.17, 15) is 26.4 Å². The number of carbonyl (C=O) groups excluding carboxylic acids is 1. The summed E-state index contributed by atoms with van der Waals surface area (Å²) in [5.41, 5.74) is 6.97. The summed E-state index contributed by atoms with van der Waals surface area (Å²) in [6, 6.07) is 8.75. The largest absolute Gasteiger partial charge is 0.355 e. The Morgan fingerprint density at radius 1 is 1.28 bits per heavy atom. The summed E-state index contributed by atoms with van der Waals surface area (Å²) in [7, 11) is -2.73. The standard InChI is InChI=1S/C22H23F3N6O3S.ClH/c1-27-21(32)15-10-18(20-19(11-15)31(29-28-20)12-16(23)5-7-26)14-3-2-4-17(9-14)35(33,34)30-8-6-22(24,25)13-30;/h2-5,9-11H,6-8,12-13,26H2,1H3,(H,27,32);1H/b16-5-;. The lowest BCUT2D eigenvalue weighted by Crippen LogP contribution is -2.31. The molecule has 0 saturated carbocycles. The molecule has 1 amide bonds. The van der Waals surface area contributed by atoms with Crippen LogP contribution in [0.25, 0.3) is 22.2 Å². The first-order chi connectivity index (χ1) is 16.6. The van der Waals surface area contributed by atoms with E-state index in [1.807, 2.05) is 0 Å². The molecule has 0 aliphatic carbocycles. The number of nitrogens with zero attached hydrogens (tertiary/aromatic N) is 4. The number of benzene rings is 2. The summed E-state index contributed by atoms with van der Waals surface area (Å²) in [4.78, 5) is 12.3. The molecule has 1 aromatic heterocycles. The number of amides is 1. The molecule has 3 N–H and O–H groups in total. The van der Waals surface area contributed by atoms with Gasteiger partial charge in [0.25, 0.3) is 11.8 Å². The first-order valence-corrected chi connectivity index (χ1v) is 12.1. The molecule has 0 atom stereocenters. The average molecular weight is 545 g/mol. The fourth-order valence-electron chi connectivity index (χ4n) is 3.90. The van der Waals surface area contributed by atoms with Gasteiger partial charge >= 0.3 is 0 Å². The molecule has 2 aromatic carbocycles. The van der Waals surface area contributed by atoms with E-state index in [2.05, 4.69) is 15.6 Å². The maximum absolute atomic E-state index is 14.1. The molecule has 1 fully saturated rings. The molecule has 36 heavy (non-hydrogen) atoms. The van der Waals surface area contributed by atoms with E-state index < -0.39 is 40.6 Å². The van der Waals surface area contributed by atoms with Crippen LogP contribution in [-0.2, 0) is 16.6 Å². The van der Waals surface area contributed by atoms with Crippen LogP contribution < -0.4 is 11.1 Å². The van der Waals surface area contributed by atoms with Gasteiger partial charge < -0.3 is 11.1 Å². The Kier molecular flexibility index (Phi) is 8.08. The van der Waals surface area contributed by atoms with Gasteiger partial charge in [0.1, 0.15) is 11.3 Å². The summed E-state index contributed by atoms with van der Waals surface area (Å²) in [6.45, 7) is -1.43. The van der Waals surface area contributed by atoms with E-state index in [0.29, 0.717) is 22.2 Å². The number of hydrogen-bond acceptors (Lipinski definition) is 6. The van der Waals surface area contributed by atoms with Gasteiger partial charge in [-0.15, -0.1) is 17.5 Å². The third kappa shape index (κ3) is 5.38. The number of hydrogen-bond donors (Lipinski definition) is 2. The van der Waals surface area contributed by atoms with Crippen LogP contribution in [0.3, 0.4) is 0 Å². The van der Waals surface area contributed by atoms with Crippen LogP contribution in [-0.4, -0.2) is 66.2 Å². The van der Waals surface area contributed by atoms with Crippen molar-refractivity contribution in [2.45, 2.75) is 23.8 Å². The maximum Gasteiger partial charge on any atom is 0.262 e. The van der Waals surface area contributed by atoms with Crippen LogP contribution in [0.15, 0.2) is 53.2 Å². The second-order valence-electron chi connectivity index (χ2n) is 8.08. The predicted molar refractivity (Wildman–Crippen MR) is 130 cm³/mol. The molecule has 9 nitrogen and oxygen atoms in total. The van der Waals surface area contributed by atoms with E-state index in [1.54, 1.807) is 6.07 Å². The lowest BCUT2D eigenvalue weighted by atomic mass is 10.0. The zero-order chi connectivity index (χ0) is 25.4. The molecule has 1 saturated heterocycles. The Balaban J connectivity index is 0.00000361. The van der Waals surface area contributed by atoms with Crippen molar-refractivity contribution in [3.8, 4) is 11.1 Å². The Morgan fingerprint density at radius 2 is 2.03 bits per heavy atom. The summed E-state index contributed by atoms with van der Waals surface area (Å²) in [5.74, 6) is -4.05. The van der Waals surface area contributed by atoms with E-state index in [1.165, 1.54) is 48.1 Å². The predicted octanol–water partition coefficient (Wildman–Crippen LogP) is 2.72. The topological polar surface area (TPSA) is 123 Å². The summed E-state index contributed by atoms with van der Waals surface area (Å²) in [5, 5.41) is 10.6. The van der Waals surface area contributed by atoms with Crippen molar-refractivity contribution in [1.29, 1.82) is 0 Å². The third-order valence-electron chi connectivity index (χ3n) is 5.67. The molecular weight excluding hydrogens is 521 g/mol. The van der Waals surface area contributed by atoms with E-state index in [0.717, 1.165) is 4.31 Å². The smallest absolute Gasteiger partial charge is 0.262 e. The molecule has 1 aliphatic rings. The van der Waals surface area contributed by atoms with Gasteiger partial charge in [-0.25, -0.2) is 26.3 Å². The molecule has 14 heteroatoms. The first kappa shape index (κ1) is 27.6. The molecule has 0 bridgehead atoms.